The lowest BCUT2D eigenvalue weighted by molar-refractivity contribution is -0.100. The van der Waals surface area contributed by atoms with Crippen LogP contribution in [0, 0.1) is 0 Å². The van der Waals surface area contributed by atoms with Gasteiger partial charge in [-0.1, -0.05) is 0 Å². The molecular formula is C14H21N3O3. The van der Waals surface area contributed by atoms with Crippen molar-refractivity contribution in [1.29, 1.82) is 0 Å². The fourth-order valence-electron chi connectivity index (χ4n) is 2.57. The first-order valence-corrected chi connectivity index (χ1v) is 6.55. The molecule has 6 nitrogen and oxygen atoms in total. The molecule has 1 aliphatic rings. The van der Waals surface area contributed by atoms with Crippen LogP contribution < -0.4 is 16.4 Å². The second-order valence-electron chi connectivity index (χ2n) is 5.70. The van der Waals surface area contributed by atoms with Crippen molar-refractivity contribution in [3.05, 3.63) is 23.8 Å². The van der Waals surface area contributed by atoms with E-state index in [1.165, 1.54) is 0 Å². The van der Waals surface area contributed by atoms with E-state index in [2.05, 4.69) is 4.90 Å². The van der Waals surface area contributed by atoms with E-state index in [0.717, 1.165) is 5.69 Å². The molecule has 1 aliphatic heterocycles. The Labute approximate surface area is 118 Å². The van der Waals surface area contributed by atoms with Gasteiger partial charge in [0.25, 0.3) is 0 Å². The van der Waals surface area contributed by atoms with Gasteiger partial charge < -0.3 is 26.2 Å². The molecule has 1 amide bonds. The predicted octanol–water partition coefficient (Wildman–Crippen LogP) is 0.344. The normalized spacial score (nSPS) is 21.8. The fourth-order valence-corrected chi connectivity index (χ4v) is 2.57. The maximum absolute atomic E-state index is 11.1. The summed E-state index contributed by atoms with van der Waals surface area (Å²) in [6.45, 7) is 5.11. The van der Waals surface area contributed by atoms with Crippen LogP contribution in [0.15, 0.2) is 18.2 Å². The molecular weight excluding hydrogens is 258 g/mol. The Morgan fingerprint density at radius 2 is 2.25 bits per heavy atom. The molecule has 0 radical (unpaired) electrons. The topological polar surface area (TPSA) is 102 Å². The van der Waals surface area contributed by atoms with Crippen LogP contribution >= 0.6 is 0 Å². The Balaban J connectivity index is 2.28. The molecule has 0 aromatic heterocycles. The van der Waals surface area contributed by atoms with Crippen LogP contribution in [0.25, 0.3) is 0 Å². The Hall–Kier alpha value is -1.79. The predicted molar refractivity (Wildman–Crippen MR) is 77.6 cm³/mol. The zero-order valence-electron chi connectivity index (χ0n) is 11.8. The van der Waals surface area contributed by atoms with Gasteiger partial charge in [-0.15, -0.1) is 0 Å². The summed E-state index contributed by atoms with van der Waals surface area (Å²) in [6.07, 6.45) is -0.256. The van der Waals surface area contributed by atoms with Crippen LogP contribution in [0.5, 0.6) is 0 Å². The molecule has 1 aromatic rings. The van der Waals surface area contributed by atoms with Crippen molar-refractivity contribution in [3.63, 3.8) is 0 Å². The maximum atomic E-state index is 11.1. The average molecular weight is 279 g/mol. The van der Waals surface area contributed by atoms with Gasteiger partial charge in [-0.25, -0.2) is 0 Å². The summed E-state index contributed by atoms with van der Waals surface area (Å²) in [5.74, 6) is -0.501. The van der Waals surface area contributed by atoms with Crippen molar-refractivity contribution in [2.75, 3.05) is 30.3 Å². The highest BCUT2D eigenvalue weighted by Crippen LogP contribution is 2.30. The smallest absolute Gasteiger partial charge is 0.248 e. The third-order valence-electron chi connectivity index (χ3n) is 3.34. The first-order chi connectivity index (χ1) is 9.32. The Morgan fingerprint density at radius 1 is 1.55 bits per heavy atom. The van der Waals surface area contributed by atoms with Crippen LogP contribution in [0.4, 0.5) is 11.4 Å². The second-order valence-corrected chi connectivity index (χ2v) is 5.70. The van der Waals surface area contributed by atoms with Gasteiger partial charge in [0, 0.05) is 18.7 Å². The van der Waals surface area contributed by atoms with Gasteiger partial charge in [-0.2, -0.15) is 0 Å². The Morgan fingerprint density at radius 3 is 2.80 bits per heavy atom. The Kier molecular flexibility index (Phi) is 3.87. The largest absolute Gasteiger partial charge is 0.397 e. The molecule has 1 unspecified atom stereocenters. The molecule has 1 fully saturated rings. The van der Waals surface area contributed by atoms with E-state index < -0.39 is 5.91 Å². The maximum Gasteiger partial charge on any atom is 0.248 e. The van der Waals surface area contributed by atoms with E-state index in [9.17, 15) is 9.90 Å². The molecule has 1 heterocycles. The number of carbonyl (C=O) groups is 1. The van der Waals surface area contributed by atoms with Gasteiger partial charge in [-0.3, -0.25) is 4.79 Å². The molecule has 1 aromatic carbocycles. The molecule has 20 heavy (non-hydrogen) atoms. The SMILES string of the molecule is CC1(C)CN(c2ccc(C(N)=O)cc2N)CC(CO)O1. The number of primary amides is 1. The van der Waals surface area contributed by atoms with Crippen molar-refractivity contribution < 1.29 is 14.6 Å². The number of nitrogens with zero attached hydrogens (tertiary/aromatic N) is 1. The van der Waals surface area contributed by atoms with Crippen LogP contribution in [-0.2, 0) is 4.74 Å². The van der Waals surface area contributed by atoms with Crippen molar-refractivity contribution in [1.82, 2.24) is 0 Å². The summed E-state index contributed by atoms with van der Waals surface area (Å²) < 4.78 is 5.77. The van der Waals surface area contributed by atoms with Gasteiger partial charge in [-0.05, 0) is 32.0 Å². The van der Waals surface area contributed by atoms with Gasteiger partial charge >= 0.3 is 0 Å². The van der Waals surface area contributed by atoms with E-state index in [1.807, 2.05) is 13.8 Å². The van der Waals surface area contributed by atoms with Crippen molar-refractivity contribution >= 4 is 17.3 Å². The first-order valence-electron chi connectivity index (χ1n) is 6.55. The summed E-state index contributed by atoms with van der Waals surface area (Å²) in [4.78, 5) is 13.2. The van der Waals surface area contributed by atoms with Gasteiger partial charge in [0.1, 0.15) is 0 Å². The lowest BCUT2D eigenvalue weighted by Gasteiger charge is -2.43. The lowest BCUT2D eigenvalue weighted by Crippen LogP contribution is -2.54. The van der Waals surface area contributed by atoms with Crippen LogP contribution in [0.2, 0.25) is 0 Å². The number of hydrogen-bond acceptors (Lipinski definition) is 5. The highest BCUT2D eigenvalue weighted by atomic mass is 16.5. The summed E-state index contributed by atoms with van der Waals surface area (Å²) >= 11 is 0. The minimum atomic E-state index is -0.501. The van der Waals surface area contributed by atoms with E-state index in [1.54, 1.807) is 18.2 Å². The van der Waals surface area contributed by atoms with E-state index in [4.69, 9.17) is 16.2 Å². The molecule has 2 rings (SSSR count). The quantitative estimate of drug-likeness (QED) is 0.693. The summed E-state index contributed by atoms with van der Waals surface area (Å²) in [5.41, 5.74) is 12.6. The third kappa shape index (κ3) is 3.02. The number of anilines is 2. The first kappa shape index (κ1) is 14.6. The van der Waals surface area contributed by atoms with Gasteiger partial charge in [0.05, 0.1) is 29.7 Å². The summed E-state index contributed by atoms with van der Waals surface area (Å²) in [5, 5.41) is 9.33. The fraction of sp³-hybridized carbons (Fsp3) is 0.500. The standard InChI is InChI=1S/C14H21N3O3/c1-14(2)8-17(6-10(7-18)20-14)12-4-3-9(13(16)19)5-11(12)15/h3-5,10,18H,6-8,15H2,1-2H3,(H2,16,19). The van der Waals surface area contributed by atoms with Crippen LogP contribution in [0.1, 0.15) is 24.2 Å². The number of nitrogen functional groups attached to an aromatic ring is 1. The number of nitrogens with two attached hydrogens (primary N) is 2. The number of benzene rings is 1. The molecule has 5 N–H and O–H groups in total. The van der Waals surface area contributed by atoms with Crippen molar-refractivity contribution in [2.45, 2.75) is 25.6 Å². The molecule has 1 atom stereocenters. The number of carbonyl (C=O) groups excluding carboxylic acids is 1. The van der Waals surface area contributed by atoms with E-state index in [-0.39, 0.29) is 18.3 Å². The van der Waals surface area contributed by atoms with Crippen LogP contribution in [0.3, 0.4) is 0 Å². The lowest BCUT2D eigenvalue weighted by atomic mass is 10.0. The molecule has 0 saturated carbocycles. The number of aliphatic hydroxyl groups excluding tert-OH is 1. The number of ether oxygens (including phenoxy) is 1. The zero-order chi connectivity index (χ0) is 14.9. The summed E-state index contributed by atoms with van der Waals surface area (Å²) in [6, 6.07) is 5.02. The number of amides is 1. The van der Waals surface area contributed by atoms with Crippen molar-refractivity contribution in [3.8, 4) is 0 Å². The number of morpholine rings is 1. The minimum absolute atomic E-state index is 0.0425. The summed E-state index contributed by atoms with van der Waals surface area (Å²) in [7, 11) is 0. The number of aliphatic hydroxyl groups is 1. The molecule has 0 aliphatic carbocycles. The highest BCUT2D eigenvalue weighted by molar-refractivity contribution is 5.94. The van der Waals surface area contributed by atoms with Crippen LogP contribution in [-0.4, -0.2) is 42.4 Å². The highest BCUT2D eigenvalue weighted by Gasteiger charge is 2.33. The number of rotatable bonds is 3. The zero-order valence-corrected chi connectivity index (χ0v) is 11.8. The molecule has 0 bridgehead atoms. The average Bonchev–Trinajstić information content (AvgIpc) is 2.36. The molecule has 6 heteroatoms. The molecule has 0 spiro atoms. The number of hydrogen-bond donors (Lipinski definition) is 3. The minimum Gasteiger partial charge on any atom is -0.397 e. The van der Waals surface area contributed by atoms with Gasteiger partial charge in [0.2, 0.25) is 5.91 Å². The molecule has 110 valence electrons. The van der Waals surface area contributed by atoms with E-state index in [0.29, 0.717) is 24.3 Å². The monoisotopic (exact) mass is 279 g/mol. The van der Waals surface area contributed by atoms with Crippen molar-refractivity contribution in [2.24, 2.45) is 5.73 Å². The Bertz CT molecular complexity index is 516. The third-order valence-corrected chi connectivity index (χ3v) is 3.34. The second kappa shape index (κ2) is 5.30. The molecule has 1 saturated heterocycles. The van der Waals surface area contributed by atoms with Gasteiger partial charge in [0.15, 0.2) is 0 Å². The van der Waals surface area contributed by atoms with E-state index >= 15 is 0 Å².